The number of oxazole rings is 1. The summed E-state index contributed by atoms with van der Waals surface area (Å²) in [6.07, 6.45) is 4.15. The molecule has 1 heterocycles. The molecule has 20 heavy (non-hydrogen) atoms. The van der Waals surface area contributed by atoms with Gasteiger partial charge in [0.15, 0.2) is 0 Å². The zero-order valence-electron chi connectivity index (χ0n) is 11.5. The van der Waals surface area contributed by atoms with E-state index in [1.165, 1.54) is 25.0 Å². The van der Waals surface area contributed by atoms with Crippen LogP contribution in [0.5, 0.6) is 0 Å². The number of anilines is 2. The van der Waals surface area contributed by atoms with Gasteiger partial charge in [-0.25, -0.2) is 4.39 Å². The fourth-order valence-corrected chi connectivity index (χ4v) is 2.11. The van der Waals surface area contributed by atoms with Gasteiger partial charge in [0, 0.05) is 24.8 Å². The van der Waals surface area contributed by atoms with Gasteiger partial charge in [-0.2, -0.15) is 4.98 Å². The molecule has 0 unspecified atom stereocenters. The second-order valence-electron chi connectivity index (χ2n) is 5.00. The van der Waals surface area contributed by atoms with Crippen LogP contribution < -0.4 is 10.2 Å². The van der Waals surface area contributed by atoms with Gasteiger partial charge in [-0.1, -0.05) is 6.07 Å². The molecule has 1 saturated carbocycles. The van der Waals surface area contributed by atoms with E-state index in [4.69, 9.17) is 4.42 Å². The SMILES string of the molecule is CCN(c1cccc(F)c1)c1nc(CNC2CC2)co1. The zero-order chi connectivity index (χ0) is 13.9. The Hall–Kier alpha value is -1.88. The summed E-state index contributed by atoms with van der Waals surface area (Å²) in [5.41, 5.74) is 1.62. The molecule has 3 rings (SSSR count). The maximum atomic E-state index is 13.3. The van der Waals surface area contributed by atoms with Gasteiger partial charge in [-0.3, -0.25) is 4.90 Å². The van der Waals surface area contributed by atoms with E-state index in [9.17, 15) is 4.39 Å². The van der Waals surface area contributed by atoms with E-state index in [-0.39, 0.29) is 5.82 Å². The normalized spacial score (nSPS) is 14.5. The van der Waals surface area contributed by atoms with Crippen molar-refractivity contribution < 1.29 is 8.81 Å². The summed E-state index contributed by atoms with van der Waals surface area (Å²) in [4.78, 5) is 6.31. The highest BCUT2D eigenvalue weighted by Gasteiger charge is 2.21. The summed E-state index contributed by atoms with van der Waals surface area (Å²) in [6.45, 7) is 3.37. The van der Waals surface area contributed by atoms with E-state index in [1.807, 2.05) is 17.9 Å². The molecule has 0 saturated heterocycles. The largest absolute Gasteiger partial charge is 0.431 e. The minimum Gasteiger partial charge on any atom is -0.431 e. The maximum absolute atomic E-state index is 13.3. The van der Waals surface area contributed by atoms with Crippen molar-refractivity contribution in [1.29, 1.82) is 0 Å². The lowest BCUT2D eigenvalue weighted by Gasteiger charge is -2.18. The van der Waals surface area contributed by atoms with Crippen LogP contribution in [0.1, 0.15) is 25.5 Å². The van der Waals surface area contributed by atoms with Crippen molar-refractivity contribution in [3.8, 4) is 0 Å². The average molecular weight is 275 g/mol. The van der Waals surface area contributed by atoms with E-state index < -0.39 is 0 Å². The number of hydrogen-bond donors (Lipinski definition) is 1. The Bertz CT molecular complexity index is 580. The molecule has 106 valence electrons. The fourth-order valence-electron chi connectivity index (χ4n) is 2.11. The van der Waals surface area contributed by atoms with Crippen LogP contribution in [0.4, 0.5) is 16.1 Å². The van der Waals surface area contributed by atoms with Crippen LogP contribution in [0.15, 0.2) is 34.9 Å². The van der Waals surface area contributed by atoms with E-state index in [0.29, 0.717) is 18.6 Å². The molecule has 0 bridgehead atoms. The molecule has 2 aromatic rings. The third kappa shape index (κ3) is 2.99. The van der Waals surface area contributed by atoms with Crippen LogP contribution in [0, 0.1) is 5.82 Å². The van der Waals surface area contributed by atoms with Gasteiger partial charge in [0.25, 0.3) is 0 Å². The minimum atomic E-state index is -0.261. The first-order chi connectivity index (χ1) is 9.76. The lowest BCUT2D eigenvalue weighted by atomic mass is 10.3. The Labute approximate surface area is 117 Å². The lowest BCUT2D eigenvalue weighted by molar-refractivity contribution is 0.551. The van der Waals surface area contributed by atoms with Crippen molar-refractivity contribution in [3.63, 3.8) is 0 Å². The number of halogens is 1. The Morgan fingerprint density at radius 2 is 2.30 bits per heavy atom. The molecule has 0 aliphatic heterocycles. The monoisotopic (exact) mass is 275 g/mol. The summed E-state index contributed by atoms with van der Waals surface area (Å²) >= 11 is 0. The summed E-state index contributed by atoms with van der Waals surface area (Å²) in [6, 6.07) is 7.59. The Kier molecular flexibility index (Phi) is 3.69. The van der Waals surface area contributed by atoms with Gasteiger partial charge in [0.05, 0.1) is 5.69 Å². The van der Waals surface area contributed by atoms with Gasteiger partial charge in [0.1, 0.15) is 12.1 Å². The smallest absolute Gasteiger partial charge is 0.302 e. The van der Waals surface area contributed by atoms with Crippen molar-refractivity contribution >= 4 is 11.7 Å². The number of benzene rings is 1. The molecule has 0 radical (unpaired) electrons. The van der Waals surface area contributed by atoms with Gasteiger partial charge in [-0.05, 0) is 38.0 Å². The predicted octanol–water partition coefficient (Wildman–Crippen LogP) is 3.22. The second-order valence-corrected chi connectivity index (χ2v) is 5.00. The molecule has 1 N–H and O–H groups in total. The quantitative estimate of drug-likeness (QED) is 0.879. The molecule has 1 fully saturated rings. The van der Waals surface area contributed by atoms with Gasteiger partial charge in [0.2, 0.25) is 0 Å². The molecule has 4 nitrogen and oxygen atoms in total. The van der Waals surface area contributed by atoms with Crippen molar-refractivity contribution in [1.82, 2.24) is 10.3 Å². The summed E-state index contributed by atoms with van der Waals surface area (Å²) in [5.74, 6) is -0.261. The molecule has 1 aliphatic rings. The lowest BCUT2D eigenvalue weighted by Crippen LogP contribution is -2.18. The highest BCUT2D eigenvalue weighted by atomic mass is 19.1. The summed E-state index contributed by atoms with van der Waals surface area (Å²) in [7, 11) is 0. The summed E-state index contributed by atoms with van der Waals surface area (Å²) < 4.78 is 18.8. The van der Waals surface area contributed by atoms with Crippen LogP contribution in [0.2, 0.25) is 0 Å². The number of nitrogens with one attached hydrogen (secondary N) is 1. The minimum absolute atomic E-state index is 0.261. The van der Waals surface area contributed by atoms with E-state index in [2.05, 4.69) is 10.3 Å². The fraction of sp³-hybridized carbons (Fsp3) is 0.400. The van der Waals surface area contributed by atoms with Crippen LogP contribution in [-0.4, -0.2) is 17.6 Å². The van der Waals surface area contributed by atoms with Crippen LogP contribution in [-0.2, 0) is 6.54 Å². The number of hydrogen-bond acceptors (Lipinski definition) is 4. The third-order valence-electron chi connectivity index (χ3n) is 3.36. The predicted molar refractivity (Wildman–Crippen MR) is 75.4 cm³/mol. The third-order valence-corrected chi connectivity index (χ3v) is 3.36. The van der Waals surface area contributed by atoms with Crippen molar-refractivity contribution in [2.75, 3.05) is 11.4 Å². The van der Waals surface area contributed by atoms with Crippen LogP contribution in [0.3, 0.4) is 0 Å². The zero-order valence-corrected chi connectivity index (χ0v) is 11.5. The topological polar surface area (TPSA) is 41.3 Å². The molecule has 0 amide bonds. The molecular weight excluding hydrogens is 257 g/mol. The number of nitrogens with zero attached hydrogens (tertiary/aromatic N) is 2. The second kappa shape index (κ2) is 5.63. The first kappa shape index (κ1) is 13.1. The average Bonchev–Trinajstić information content (AvgIpc) is 3.16. The van der Waals surface area contributed by atoms with Gasteiger partial charge >= 0.3 is 6.01 Å². The Morgan fingerprint density at radius 1 is 1.45 bits per heavy atom. The highest BCUT2D eigenvalue weighted by molar-refractivity contribution is 5.55. The van der Waals surface area contributed by atoms with E-state index in [0.717, 1.165) is 17.9 Å². The first-order valence-corrected chi connectivity index (χ1v) is 6.97. The number of aromatic nitrogens is 1. The molecule has 1 aliphatic carbocycles. The van der Waals surface area contributed by atoms with Crippen molar-refractivity contribution in [3.05, 3.63) is 42.0 Å². The summed E-state index contributed by atoms with van der Waals surface area (Å²) in [5, 5.41) is 3.39. The molecule has 0 atom stereocenters. The Balaban J connectivity index is 1.74. The highest BCUT2D eigenvalue weighted by Crippen LogP contribution is 2.25. The van der Waals surface area contributed by atoms with Crippen molar-refractivity contribution in [2.24, 2.45) is 0 Å². The molecule has 1 aromatic carbocycles. The molecular formula is C15H18FN3O. The van der Waals surface area contributed by atoms with Crippen molar-refractivity contribution in [2.45, 2.75) is 32.4 Å². The van der Waals surface area contributed by atoms with Crippen LogP contribution >= 0.6 is 0 Å². The van der Waals surface area contributed by atoms with E-state index in [1.54, 1.807) is 12.3 Å². The number of rotatable bonds is 6. The standard InChI is InChI=1S/C15H18FN3O/c1-2-19(14-5-3-4-11(16)8-14)15-18-13(10-20-15)9-17-12-6-7-12/h3-5,8,10,12,17H,2,6-7,9H2,1H3. The molecule has 0 spiro atoms. The van der Waals surface area contributed by atoms with Gasteiger partial charge < -0.3 is 9.73 Å². The molecule has 1 aromatic heterocycles. The Morgan fingerprint density at radius 3 is 3.00 bits per heavy atom. The van der Waals surface area contributed by atoms with E-state index >= 15 is 0 Å². The maximum Gasteiger partial charge on any atom is 0.302 e. The van der Waals surface area contributed by atoms with Gasteiger partial charge in [-0.15, -0.1) is 0 Å². The molecule has 5 heteroatoms. The van der Waals surface area contributed by atoms with Crippen LogP contribution in [0.25, 0.3) is 0 Å². The first-order valence-electron chi connectivity index (χ1n) is 6.97.